The van der Waals surface area contributed by atoms with E-state index >= 15 is 0 Å². The molecule has 0 radical (unpaired) electrons. The van der Waals surface area contributed by atoms with Crippen LogP contribution in [0.25, 0.3) is 0 Å². The molecule has 0 rings (SSSR count). The van der Waals surface area contributed by atoms with Crippen LogP contribution >= 0.6 is 0 Å². The number of nitrogens with one attached hydrogen (secondary N) is 1. The zero-order valence-electron chi connectivity index (χ0n) is 37.1. The third-order valence-corrected chi connectivity index (χ3v) is 11.3. The summed E-state index contributed by atoms with van der Waals surface area (Å²) in [4.78, 5) is 26.0. The number of hydrogen-bond acceptors (Lipinski definition) is 5. The number of hydrogen-bond donors (Lipinski definition) is 3. The molecule has 0 saturated carbocycles. The number of aliphatic hydroxyl groups excluding tert-OH is 2. The first-order chi connectivity index (χ1) is 27.0. The molecule has 0 aliphatic carbocycles. The summed E-state index contributed by atoms with van der Waals surface area (Å²) < 4.78 is 5.91. The summed E-state index contributed by atoms with van der Waals surface area (Å²) in [5.74, 6) is -0.472. The number of allylic oxidation sites excluding steroid dienone is 2. The lowest BCUT2D eigenvalue weighted by atomic mass is 10.0. The Labute approximate surface area is 342 Å². The van der Waals surface area contributed by atoms with Crippen LogP contribution in [0.2, 0.25) is 0 Å². The second kappa shape index (κ2) is 43.7. The fourth-order valence-electron chi connectivity index (χ4n) is 7.61. The van der Waals surface area contributed by atoms with Crippen LogP contribution in [0.3, 0.4) is 0 Å². The maximum absolute atomic E-state index is 13.1. The monoisotopic (exact) mass is 778 g/mol. The summed E-state index contributed by atoms with van der Waals surface area (Å²) in [6, 6.07) is -0.695. The van der Waals surface area contributed by atoms with E-state index in [0.29, 0.717) is 19.3 Å². The summed E-state index contributed by atoms with van der Waals surface area (Å²) >= 11 is 0. The lowest BCUT2D eigenvalue weighted by Crippen LogP contribution is -2.46. The van der Waals surface area contributed by atoms with E-state index in [4.69, 9.17) is 4.74 Å². The van der Waals surface area contributed by atoms with Crippen molar-refractivity contribution >= 4 is 11.9 Å². The summed E-state index contributed by atoms with van der Waals surface area (Å²) in [7, 11) is 0. The minimum Gasteiger partial charge on any atom is -0.462 e. The van der Waals surface area contributed by atoms with Gasteiger partial charge in [-0.05, 0) is 44.9 Å². The van der Waals surface area contributed by atoms with Crippen molar-refractivity contribution in [1.82, 2.24) is 5.32 Å². The van der Waals surface area contributed by atoms with Crippen molar-refractivity contribution in [3.8, 4) is 0 Å². The van der Waals surface area contributed by atoms with Gasteiger partial charge in [0.05, 0.1) is 25.2 Å². The Morgan fingerprint density at radius 3 is 1.36 bits per heavy atom. The average molecular weight is 778 g/mol. The maximum Gasteiger partial charge on any atom is 0.306 e. The Hall–Kier alpha value is -1.40. The van der Waals surface area contributed by atoms with Gasteiger partial charge in [-0.1, -0.05) is 219 Å². The number of esters is 1. The number of amides is 1. The fraction of sp³-hybridized carbons (Fsp3) is 0.918. The van der Waals surface area contributed by atoms with Crippen molar-refractivity contribution in [2.75, 3.05) is 6.61 Å². The van der Waals surface area contributed by atoms with E-state index in [1.54, 1.807) is 0 Å². The second-order valence-corrected chi connectivity index (χ2v) is 16.9. The predicted molar refractivity (Wildman–Crippen MR) is 237 cm³/mol. The van der Waals surface area contributed by atoms with Gasteiger partial charge in [-0.3, -0.25) is 9.59 Å². The van der Waals surface area contributed by atoms with Gasteiger partial charge >= 0.3 is 5.97 Å². The van der Waals surface area contributed by atoms with Crippen LogP contribution in [0.5, 0.6) is 0 Å². The van der Waals surface area contributed by atoms with Crippen molar-refractivity contribution in [2.45, 2.75) is 283 Å². The normalized spacial score (nSPS) is 13.3. The fourth-order valence-corrected chi connectivity index (χ4v) is 7.61. The highest BCUT2D eigenvalue weighted by Crippen LogP contribution is 2.18. The number of ether oxygens (including phenoxy) is 1. The minimum absolute atomic E-state index is 0.0809. The van der Waals surface area contributed by atoms with E-state index in [0.717, 1.165) is 57.8 Å². The van der Waals surface area contributed by atoms with Gasteiger partial charge in [-0.25, -0.2) is 0 Å². The van der Waals surface area contributed by atoms with E-state index in [1.807, 2.05) is 0 Å². The SMILES string of the molecule is CCC/C=C\CCCCCCCC(=O)OC(CCCCCCCCCCCCCCCC)CC(=O)NC(CO)C(O)CCCCCCCCCCCCCC. The van der Waals surface area contributed by atoms with Crippen LogP contribution < -0.4 is 5.32 Å². The number of aliphatic hydroxyl groups is 2. The number of rotatable bonds is 44. The van der Waals surface area contributed by atoms with Gasteiger partial charge in [0, 0.05) is 6.42 Å². The Morgan fingerprint density at radius 2 is 0.909 bits per heavy atom. The quantitative estimate of drug-likeness (QED) is 0.0325. The van der Waals surface area contributed by atoms with E-state index in [9.17, 15) is 19.8 Å². The van der Waals surface area contributed by atoms with Gasteiger partial charge < -0.3 is 20.3 Å². The van der Waals surface area contributed by atoms with Crippen molar-refractivity contribution in [3.63, 3.8) is 0 Å². The highest BCUT2D eigenvalue weighted by molar-refractivity contribution is 5.77. The first-order valence-electron chi connectivity index (χ1n) is 24.4. The summed E-state index contributed by atoms with van der Waals surface area (Å²) in [5.41, 5.74) is 0. The Balaban J connectivity index is 4.54. The average Bonchev–Trinajstić information content (AvgIpc) is 3.18. The van der Waals surface area contributed by atoms with Crippen LogP contribution in [0, 0.1) is 0 Å². The van der Waals surface area contributed by atoms with Gasteiger partial charge in [-0.15, -0.1) is 0 Å². The van der Waals surface area contributed by atoms with Gasteiger partial charge in [0.2, 0.25) is 5.91 Å². The molecule has 0 bridgehead atoms. The molecule has 0 saturated heterocycles. The first kappa shape index (κ1) is 53.6. The van der Waals surface area contributed by atoms with Crippen LogP contribution in [0.4, 0.5) is 0 Å². The van der Waals surface area contributed by atoms with Crippen molar-refractivity contribution in [2.24, 2.45) is 0 Å². The standard InChI is InChI=1S/C49H95NO5/c1-4-7-10-13-16-19-22-24-25-26-28-31-34-37-40-45(55-49(54)42-39-36-33-30-21-18-15-12-9-6-3)43-48(53)50-46(44-51)47(52)41-38-35-32-29-27-23-20-17-14-11-8-5-2/h12,15,45-47,51-52H,4-11,13-14,16-44H2,1-3H3,(H,50,53)/b15-12-. The molecule has 6 heteroatoms. The molecule has 55 heavy (non-hydrogen) atoms. The first-order valence-corrected chi connectivity index (χ1v) is 24.4. The zero-order chi connectivity index (χ0) is 40.3. The van der Waals surface area contributed by atoms with Gasteiger partial charge in [-0.2, -0.15) is 0 Å². The topological polar surface area (TPSA) is 95.9 Å². The number of carbonyl (C=O) groups is 2. The Bertz CT molecular complexity index is 832. The van der Waals surface area contributed by atoms with Crippen LogP contribution in [0.15, 0.2) is 12.2 Å². The number of unbranched alkanes of at least 4 members (excludes halogenated alkanes) is 30. The maximum atomic E-state index is 13.1. The zero-order valence-corrected chi connectivity index (χ0v) is 37.1. The number of carbonyl (C=O) groups excluding carboxylic acids is 2. The molecule has 1 amide bonds. The lowest BCUT2D eigenvalue weighted by molar-refractivity contribution is -0.151. The molecule has 3 atom stereocenters. The molecular formula is C49H95NO5. The second-order valence-electron chi connectivity index (χ2n) is 16.9. The molecule has 3 N–H and O–H groups in total. The van der Waals surface area contributed by atoms with Crippen LogP contribution in [0.1, 0.15) is 265 Å². The lowest BCUT2D eigenvalue weighted by Gasteiger charge is -2.24. The molecule has 0 aromatic carbocycles. The van der Waals surface area contributed by atoms with E-state index in [-0.39, 0.29) is 24.9 Å². The molecule has 0 heterocycles. The molecule has 0 fully saturated rings. The molecule has 0 spiro atoms. The highest BCUT2D eigenvalue weighted by Gasteiger charge is 2.24. The summed E-state index contributed by atoms with van der Waals surface area (Å²) in [6.07, 6.45) is 47.0. The predicted octanol–water partition coefficient (Wildman–Crippen LogP) is 14.2. The molecule has 0 aromatic heterocycles. The van der Waals surface area contributed by atoms with Crippen LogP contribution in [-0.2, 0) is 14.3 Å². The van der Waals surface area contributed by atoms with Crippen molar-refractivity contribution < 1.29 is 24.5 Å². The highest BCUT2D eigenvalue weighted by atomic mass is 16.5. The van der Waals surface area contributed by atoms with Gasteiger partial charge in [0.25, 0.3) is 0 Å². The van der Waals surface area contributed by atoms with Gasteiger partial charge in [0.1, 0.15) is 6.10 Å². The third kappa shape index (κ3) is 39.2. The molecule has 6 nitrogen and oxygen atoms in total. The molecular weight excluding hydrogens is 683 g/mol. The Kier molecular flexibility index (Phi) is 42.6. The smallest absolute Gasteiger partial charge is 0.306 e. The molecule has 0 aliphatic heterocycles. The Morgan fingerprint density at radius 1 is 0.509 bits per heavy atom. The molecule has 3 unspecified atom stereocenters. The third-order valence-electron chi connectivity index (χ3n) is 11.3. The molecule has 0 aliphatic rings. The van der Waals surface area contributed by atoms with E-state index < -0.39 is 18.2 Å². The van der Waals surface area contributed by atoms with Crippen molar-refractivity contribution in [3.05, 3.63) is 12.2 Å². The van der Waals surface area contributed by atoms with Crippen molar-refractivity contribution in [1.29, 1.82) is 0 Å². The summed E-state index contributed by atoms with van der Waals surface area (Å²) in [6.45, 7) is 6.43. The summed E-state index contributed by atoms with van der Waals surface area (Å²) in [5, 5.41) is 23.7. The molecule has 0 aromatic rings. The largest absolute Gasteiger partial charge is 0.462 e. The van der Waals surface area contributed by atoms with E-state index in [2.05, 4.69) is 38.2 Å². The minimum atomic E-state index is -0.781. The molecule has 326 valence electrons. The van der Waals surface area contributed by atoms with E-state index in [1.165, 1.54) is 161 Å². The van der Waals surface area contributed by atoms with Crippen LogP contribution in [-0.4, -0.2) is 46.9 Å². The van der Waals surface area contributed by atoms with Gasteiger partial charge in [0.15, 0.2) is 0 Å².